The zero-order valence-corrected chi connectivity index (χ0v) is 9.31. The second-order valence-electron chi connectivity index (χ2n) is 2.76. The minimum atomic E-state index is -0.245. The molecule has 82 valence electrons. The monoisotopic (exact) mass is 248 g/mol. The second-order valence-corrected chi connectivity index (χ2v) is 3.57. The van der Waals surface area contributed by atoms with Gasteiger partial charge >= 0.3 is 0 Å². The number of hydrogen-bond donors (Lipinski definition) is 2. The van der Waals surface area contributed by atoms with Crippen molar-refractivity contribution in [1.82, 2.24) is 5.32 Å². The Balaban J connectivity index is 2.62. The molecule has 0 unspecified atom stereocenters. The van der Waals surface area contributed by atoms with Crippen LogP contribution in [-0.2, 0) is 4.84 Å². The van der Waals surface area contributed by atoms with Crippen LogP contribution in [0.25, 0.3) is 0 Å². The highest BCUT2D eigenvalue weighted by Crippen LogP contribution is 2.22. The highest BCUT2D eigenvalue weighted by atomic mass is 35.5. The van der Waals surface area contributed by atoms with Crippen molar-refractivity contribution in [3.8, 4) is 0 Å². The lowest BCUT2D eigenvalue weighted by Crippen LogP contribution is -2.27. The van der Waals surface area contributed by atoms with Gasteiger partial charge in [-0.3, -0.25) is 4.79 Å². The molecule has 0 atom stereocenters. The maximum Gasteiger partial charge on any atom is 0.251 e. The molecule has 4 nitrogen and oxygen atoms in total. The van der Waals surface area contributed by atoms with Crippen LogP contribution in [0.2, 0.25) is 10.0 Å². The van der Waals surface area contributed by atoms with E-state index in [1.165, 1.54) is 6.07 Å². The predicted molar refractivity (Wildman–Crippen MR) is 58.9 cm³/mol. The number of nitrogens with two attached hydrogens (primary N) is 1. The van der Waals surface area contributed by atoms with Gasteiger partial charge in [-0.2, -0.15) is 0 Å². The van der Waals surface area contributed by atoms with E-state index in [-0.39, 0.29) is 12.5 Å². The fourth-order valence-electron chi connectivity index (χ4n) is 0.963. The van der Waals surface area contributed by atoms with Gasteiger partial charge in [0.1, 0.15) is 0 Å². The first kappa shape index (κ1) is 12.3. The molecule has 0 aliphatic carbocycles. The SMILES string of the molecule is NOCCNC(=O)c1ccc(Cl)c(Cl)c1. The van der Waals surface area contributed by atoms with Crippen LogP contribution in [0.1, 0.15) is 10.4 Å². The maximum absolute atomic E-state index is 11.5. The van der Waals surface area contributed by atoms with Crippen LogP contribution in [0.5, 0.6) is 0 Å². The molecule has 1 rings (SSSR count). The third-order valence-electron chi connectivity index (χ3n) is 1.69. The van der Waals surface area contributed by atoms with Gasteiger partial charge in [-0.05, 0) is 18.2 Å². The Labute approximate surface area is 97.3 Å². The first-order valence-electron chi connectivity index (χ1n) is 4.20. The summed E-state index contributed by atoms with van der Waals surface area (Å²) in [5.74, 6) is 4.56. The Hall–Kier alpha value is -0.810. The molecule has 1 amide bonds. The quantitative estimate of drug-likeness (QED) is 0.629. The summed E-state index contributed by atoms with van der Waals surface area (Å²) in [6.45, 7) is 0.600. The third-order valence-corrected chi connectivity index (χ3v) is 2.43. The van der Waals surface area contributed by atoms with Crippen LogP contribution < -0.4 is 11.2 Å². The van der Waals surface area contributed by atoms with E-state index >= 15 is 0 Å². The summed E-state index contributed by atoms with van der Waals surface area (Å²) in [4.78, 5) is 15.8. The Kier molecular flexibility index (Phi) is 4.84. The minimum Gasteiger partial charge on any atom is -0.350 e. The maximum atomic E-state index is 11.5. The summed E-state index contributed by atoms with van der Waals surface area (Å²) in [5, 5.41) is 3.36. The zero-order chi connectivity index (χ0) is 11.3. The number of amides is 1. The van der Waals surface area contributed by atoms with Crippen LogP contribution in [0.3, 0.4) is 0 Å². The normalized spacial score (nSPS) is 10.1. The van der Waals surface area contributed by atoms with E-state index in [1.54, 1.807) is 12.1 Å². The van der Waals surface area contributed by atoms with Gasteiger partial charge in [-0.1, -0.05) is 23.2 Å². The average molecular weight is 249 g/mol. The Bertz CT molecular complexity index is 358. The van der Waals surface area contributed by atoms with Gasteiger partial charge in [0.25, 0.3) is 5.91 Å². The van der Waals surface area contributed by atoms with Gasteiger partial charge < -0.3 is 10.2 Å². The number of carbonyl (C=O) groups excluding carboxylic acids is 1. The lowest BCUT2D eigenvalue weighted by atomic mass is 10.2. The summed E-state index contributed by atoms with van der Waals surface area (Å²) < 4.78 is 0. The van der Waals surface area contributed by atoms with Crippen molar-refractivity contribution >= 4 is 29.1 Å². The molecule has 6 heteroatoms. The van der Waals surface area contributed by atoms with Crippen LogP contribution in [-0.4, -0.2) is 19.1 Å². The molecule has 0 fully saturated rings. The second kappa shape index (κ2) is 5.92. The molecule has 3 N–H and O–H groups in total. The molecule has 0 radical (unpaired) electrons. The van der Waals surface area contributed by atoms with Crippen LogP contribution in [0, 0.1) is 0 Å². The zero-order valence-electron chi connectivity index (χ0n) is 7.80. The van der Waals surface area contributed by atoms with E-state index in [0.29, 0.717) is 22.2 Å². The van der Waals surface area contributed by atoms with E-state index in [2.05, 4.69) is 10.2 Å². The van der Waals surface area contributed by atoms with Crippen molar-refractivity contribution in [1.29, 1.82) is 0 Å². The van der Waals surface area contributed by atoms with Crippen molar-refractivity contribution in [2.45, 2.75) is 0 Å². The van der Waals surface area contributed by atoms with E-state index in [4.69, 9.17) is 29.1 Å². The highest BCUT2D eigenvalue weighted by molar-refractivity contribution is 6.42. The molecule has 0 saturated heterocycles. The molecule has 0 spiro atoms. The number of carbonyl (C=O) groups is 1. The van der Waals surface area contributed by atoms with E-state index < -0.39 is 0 Å². The van der Waals surface area contributed by atoms with Crippen molar-refractivity contribution in [3.05, 3.63) is 33.8 Å². The Morgan fingerprint density at radius 2 is 2.13 bits per heavy atom. The molecule has 0 aliphatic heterocycles. The van der Waals surface area contributed by atoms with Gasteiger partial charge in [0.05, 0.1) is 16.7 Å². The molecule has 1 aromatic carbocycles. The Morgan fingerprint density at radius 3 is 2.73 bits per heavy atom. The summed E-state index contributed by atoms with van der Waals surface area (Å²) in [6, 6.07) is 4.66. The lowest BCUT2D eigenvalue weighted by molar-refractivity contribution is 0.0917. The third kappa shape index (κ3) is 3.68. The molecule has 0 aliphatic rings. The summed E-state index contributed by atoms with van der Waals surface area (Å²) in [7, 11) is 0. The van der Waals surface area contributed by atoms with Crippen molar-refractivity contribution in [2.75, 3.05) is 13.2 Å². The van der Waals surface area contributed by atoms with E-state index in [0.717, 1.165) is 0 Å². The molecular formula is C9H10Cl2N2O2. The largest absolute Gasteiger partial charge is 0.350 e. The number of halogens is 2. The smallest absolute Gasteiger partial charge is 0.251 e. The Morgan fingerprint density at radius 1 is 1.40 bits per heavy atom. The number of nitrogens with one attached hydrogen (secondary N) is 1. The van der Waals surface area contributed by atoms with Crippen LogP contribution >= 0.6 is 23.2 Å². The van der Waals surface area contributed by atoms with E-state index in [1.807, 2.05) is 0 Å². The number of hydrogen-bond acceptors (Lipinski definition) is 3. The van der Waals surface area contributed by atoms with Gasteiger partial charge in [-0.25, -0.2) is 5.90 Å². The van der Waals surface area contributed by atoms with Crippen LogP contribution in [0.15, 0.2) is 18.2 Å². The number of rotatable bonds is 4. The van der Waals surface area contributed by atoms with E-state index in [9.17, 15) is 4.79 Å². The molecule has 15 heavy (non-hydrogen) atoms. The van der Waals surface area contributed by atoms with Gasteiger partial charge in [0.2, 0.25) is 0 Å². The lowest BCUT2D eigenvalue weighted by Gasteiger charge is -2.04. The molecule has 0 bridgehead atoms. The summed E-state index contributed by atoms with van der Waals surface area (Å²) in [6.07, 6.45) is 0. The first-order valence-corrected chi connectivity index (χ1v) is 4.95. The molecule has 1 aromatic rings. The topological polar surface area (TPSA) is 64.3 Å². The fourth-order valence-corrected chi connectivity index (χ4v) is 1.26. The molecular weight excluding hydrogens is 239 g/mol. The van der Waals surface area contributed by atoms with Crippen molar-refractivity contribution < 1.29 is 9.63 Å². The van der Waals surface area contributed by atoms with Crippen molar-refractivity contribution in [2.24, 2.45) is 5.90 Å². The van der Waals surface area contributed by atoms with Gasteiger partial charge in [-0.15, -0.1) is 0 Å². The van der Waals surface area contributed by atoms with Crippen molar-refractivity contribution in [3.63, 3.8) is 0 Å². The fraction of sp³-hybridized carbons (Fsp3) is 0.222. The van der Waals surface area contributed by atoms with Gasteiger partial charge in [0, 0.05) is 12.1 Å². The minimum absolute atomic E-state index is 0.245. The summed E-state index contributed by atoms with van der Waals surface area (Å²) in [5.41, 5.74) is 0.446. The highest BCUT2D eigenvalue weighted by Gasteiger charge is 2.06. The van der Waals surface area contributed by atoms with Gasteiger partial charge in [0.15, 0.2) is 0 Å². The first-order chi connectivity index (χ1) is 7.15. The molecule has 0 heterocycles. The number of benzene rings is 1. The standard InChI is InChI=1S/C9H10Cl2N2O2/c10-7-2-1-6(5-8(7)11)9(14)13-3-4-15-12/h1-2,5H,3-4,12H2,(H,13,14). The average Bonchev–Trinajstić information content (AvgIpc) is 2.22. The molecule has 0 aromatic heterocycles. The predicted octanol–water partition coefficient (Wildman–Crippen LogP) is 1.61. The van der Waals surface area contributed by atoms with Crippen LogP contribution in [0.4, 0.5) is 0 Å². The molecule has 0 saturated carbocycles. The summed E-state index contributed by atoms with van der Waals surface area (Å²) >= 11 is 11.5.